The van der Waals surface area contributed by atoms with Gasteiger partial charge in [-0.05, 0) is 30.3 Å². The SMILES string of the molecule is CC(=O)Oc1c(-c2ccc(O[C@H]3O[C@@H](C(=O)O)[C@H](O)[C@@H](O)[C@@H]3O)c(O[C@H]3O[C@@H](C(=O)O)[C@H](O)[C@@H](O)[C@@H]3O)c2)oc2ccccc2c1=O. The summed E-state index contributed by atoms with van der Waals surface area (Å²) in [4.78, 5) is 48.4. The zero-order valence-corrected chi connectivity index (χ0v) is 24.0. The second-order valence-electron chi connectivity index (χ2n) is 10.5. The van der Waals surface area contributed by atoms with E-state index in [0.717, 1.165) is 19.1 Å². The molecule has 18 heteroatoms. The summed E-state index contributed by atoms with van der Waals surface area (Å²) in [5.74, 6) is -6.15. The first-order chi connectivity index (χ1) is 22.2. The highest BCUT2D eigenvalue weighted by Gasteiger charge is 2.50. The van der Waals surface area contributed by atoms with E-state index in [1.54, 1.807) is 12.1 Å². The van der Waals surface area contributed by atoms with Crippen molar-refractivity contribution in [1.29, 1.82) is 0 Å². The van der Waals surface area contributed by atoms with E-state index in [9.17, 15) is 60.0 Å². The number of para-hydroxylation sites is 1. The summed E-state index contributed by atoms with van der Waals surface area (Å²) in [5.41, 5.74) is -0.723. The number of rotatable bonds is 8. The topological polar surface area (TPSA) is 289 Å². The summed E-state index contributed by atoms with van der Waals surface area (Å²) in [7, 11) is 0. The molecule has 2 aromatic carbocycles. The average molecular weight is 665 g/mol. The van der Waals surface area contributed by atoms with Crippen molar-refractivity contribution < 1.29 is 83.3 Å². The first kappa shape index (κ1) is 33.7. The third kappa shape index (κ3) is 6.48. The van der Waals surface area contributed by atoms with Gasteiger partial charge in [0, 0.05) is 12.5 Å². The fourth-order valence-electron chi connectivity index (χ4n) is 4.94. The van der Waals surface area contributed by atoms with Crippen molar-refractivity contribution in [3.8, 4) is 28.6 Å². The smallest absolute Gasteiger partial charge is 0.335 e. The van der Waals surface area contributed by atoms with Gasteiger partial charge in [0.1, 0.15) is 42.2 Å². The monoisotopic (exact) mass is 664 g/mol. The lowest BCUT2D eigenvalue weighted by Crippen LogP contribution is -2.61. The molecule has 2 aliphatic heterocycles. The number of carboxylic acids is 2. The Morgan fingerprint density at radius 1 is 0.702 bits per heavy atom. The number of carboxylic acid groups (broad SMARTS) is 2. The zero-order valence-electron chi connectivity index (χ0n) is 24.0. The Bertz CT molecular complexity index is 1740. The average Bonchev–Trinajstić information content (AvgIpc) is 3.02. The van der Waals surface area contributed by atoms with Gasteiger partial charge in [0.25, 0.3) is 0 Å². The van der Waals surface area contributed by atoms with Gasteiger partial charge >= 0.3 is 17.9 Å². The van der Waals surface area contributed by atoms with Crippen molar-refractivity contribution in [2.45, 2.75) is 68.3 Å². The van der Waals surface area contributed by atoms with Crippen LogP contribution in [0, 0.1) is 0 Å². The van der Waals surface area contributed by atoms with E-state index in [1.165, 1.54) is 18.2 Å². The molecule has 3 aromatic rings. The molecular formula is C29H28O18. The second kappa shape index (κ2) is 13.2. The maximum absolute atomic E-state index is 13.3. The molecule has 8 N–H and O–H groups in total. The molecule has 252 valence electrons. The van der Waals surface area contributed by atoms with Crippen LogP contribution in [0.4, 0.5) is 0 Å². The Morgan fingerprint density at radius 2 is 1.23 bits per heavy atom. The van der Waals surface area contributed by atoms with Crippen LogP contribution in [0.15, 0.2) is 51.7 Å². The summed E-state index contributed by atoms with van der Waals surface area (Å²) in [5, 5.41) is 80.6. The van der Waals surface area contributed by atoms with E-state index < -0.39 is 102 Å². The maximum atomic E-state index is 13.3. The number of fused-ring (bicyclic) bond motifs is 1. The third-order valence-electron chi connectivity index (χ3n) is 7.32. The Kier molecular flexibility index (Phi) is 9.48. The van der Waals surface area contributed by atoms with Crippen molar-refractivity contribution in [1.82, 2.24) is 0 Å². The van der Waals surface area contributed by atoms with Crippen molar-refractivity contribution in [2.75, 3.05) is 0 Å². The highest BCUT2D eigenvalue weighted by Crippen LogP contribution is 2.40. The van der Waals surface area contributed by atoms with Gasteiger partial charge in [-0.2, -0.15) is 0 Å². The molecule has 0 bridgehead atoms. The molecule has 5 rings (SSSR count). The Morgan fingerprint density at radius 3 is 1.77 bits per heavy atom. The third-order valence-corrected chi connectivity index (χ3v) is 7.32. The summed E-state index contributed by atoms with van der Waals surface area (Å²) < 4.78 is 32.7. The van der Waals surface area contributed by atoms with Gasteiger partial charge < -0.3 is 69.0 Å². The van der Waals surface area contributed by atoms with Crippen LogP contribution in [0.3, 0.4) is 0 Å². The van der Waals surface area contributed by atoms with Gasteiger partial charge in [0.2, 0.25) is 23.8 Å². The van der Waals surface area contributed by atoms with Crippen LogP contribution in [0.1, 0.15) is 6.92 Å². The number of carbonyl (C=O) groups is 3. The van der Waals surface area contributed by atoms with E-state index >= 15 is 0 Å². The van der Waals surface area contributed by atoms with Crippen molar-refractivity contribution in [2.24, 2.45) is 0 Å². The number of esters is 1. The maximum Gasteiger partial charge on any atom is 0.335 e. The molecule has 0 unspecified atom stereocenters. The summed E-state index contributed by atoms with van der Waals surface area (Å²) in [6.07, 6.45) is -20.5. The van der Waals surface area contributed by atoms with Gasteiger partial charge in [0.05, 0.1) is 5.39 Å². The normalized spacial score (nSPS) is 30.8. The van der Waals surface area contributed by atoms with Crippen LogP contribution in [0.5, 0.6) is 17.2 Å². The molecule has 2 aliphatic rings. The fourth-order valence-corrected chi connectivity index (χ4v) is 4.94. The van der Waals surface area contributed by atoms with Gasteiger partial charge in [-0.3, -0.25) is 9.59 Å². The molecule has 0 aliphatic carbocycles. The quantitative estimate of drug-likeness (QED) is 0.120. The van der Waals surface area contributed by atoms with E-state index in [-0.39, 0.29) is 22.3 Å². The molecule has 10 atom stereocenters. The molecule has 2 fully saturated rings. The molecule has 0 saturated carbocycles. The summed E-state index contributed by atoms with van der Waals surface area (Å²) >= 11 is 0. The van der Waals surface area contributed by atoms with Gasteiger partial charge in [-0.1, -0.05) is 12.1 Å². The lowest BCUT2D eigenvalue weighted by atomic mass is 9.99. The Balaban J connectivity index is 1.62. The highest BCUT2D eigenvalue weighted by atomic mass is 16.7. The van der Waals surface area contributed by atoms with Gasteiger partial charge in [-0.15, -0.1) is 0 Å². The number of hydrogen-bond donors (Lipinski definition) is 8. The molecule has 1 aromatic heterocycles. The molecular weight excluding hydrogens is 636 g/mol. The number of aliphatic hydroxyl groups is 6. The predicted octanol–water partition coefficient (Wildman–Crippen LogP) is -2.07. The summed E-state index contributed by atoms with van der Waals surface area (Å²) in [6, 6.07) is 9.38. The Labute approximate surface area is 262 Å². The van der Waals surface area contributed by atoms with Crippen LogP contribution < -0.4 is 19.6 Å². The van der Waals surface area contributed by atoms with Crippen molar-refractivity contribution >= 4 is 28.9 Å². The minimum absolute atomic E-state index is 0.0592. The molecule has 0 radical (unpaired) electrons. The first-order valence-electron chi connectivity index (χ1n) is 13.8. The number of benzene rings is 2. The van der Waals surface area contributed by atoms with Crippen LogP contribution in [0.25, 0.3) is 22.3 Å². The minimum Gasteiger partial charge on any atom is -0.479 e. The van der Waals surface area contributed by atoms with E-state index in [0.29, 0.717) is 0 Å². The number of hydrogen-bond acceptors (Lipinski definition) is 16. The first-order valence-corrected chi connectivity index (χ1v) is 13.8. The molecule has 47 heavy (non-hydrogen) atoms. The molecule has 18 nitrogen and oxygen atoms in total. The molecule has 0 spiro atoms. The second-order valence-corrected chi connectivity index (χ2v) is 10.5. The van der Waals surface area contributed by atoms with Crippen LogP contribution in [0.2, 0.25) is 0 Å². The van der Waals surface area contributed by atoms with E-state index in [4.69, 9.17) is 28.1 Å². The lowest BCUT2D eigenvalue weighted by molar-refractivity contribution is -0.276. The number of carbonyl (C=O) groups excluding carboxylic acids is 1. The number of ether oxygens (including phenoxy) is 5. The highest BCUT2D eigenvalue weighted by molar-refractivity contribution is 5.84. The van der Waals surface area contributed by atoms with E-state index in [1.807, 2.05) is 0 Å². The lowest BCUT2D eigenvalue weighted by Gasteiger charge is -2.39. The molecule has 0 amide bonds. The van der Waals surface area contributed by atoms with Gasteiger partial charge in [0.15, 0.2) is 29.5 Å². The van der Waals surface area contributed by atoms with Crippen LogP contribution >= 0.6 is 0 Å². The van der Waals surface area contributed by atoms with Crippen LogP contribution in [-0.4, -0.2) is 120 Å². The van der Waals surface area contributed by atoms with Crippen molar-refractivity contribution in [3.63, 3.8) is 0 Å². The largest absolute Gasteiger partial charge is 0.479 e. The summed E-state index contributed by atoms with van der Waals surface area (Å²) in [6.45, 7) is 1.04. The molecule has 3 heterocycles. The Hall–Kier alpha value is -4.66. The van der Waals surface area contributed by atoms with E-state index in [2.05, 4.69) is 0 Å². The predicted molar refractivity (Wildman–Crippen MR) is 149 cm³/mol. The van der Waals surface area contributed by atoms with Gasteiger partial charge in [-0.25, -0.2) is 9.59 Å². The zero-order chi connectivity index (χ0) is 34.3. The van der Waals surface area contributed by atoms with Crippen molar-refractivity contribution in [3.05, 3.63) is 52.7 Å². The minimum atomic E-state index is -2.09. The fraction of sp³-hybridized carbons (Fsp3) is 0.379. The number of aliphatic hydroxyl groups excluding tert-OH is 6. The van der Waals surface area contributed by atoms with Crippen LogP contribution in [-0.2, 0) is 23.9 Å². The number of aliphatic carboxylic acids is 2. The molecule has 2 saturated heterocycles. The standard InChI is InChI=1S/C29H28O18/c1-9(30)42-23-15(31)11-4-2-3-5-12(11)43-22(23)10-6-7-13(44-28-20(36)16(32)18(34)24(46-28)26(38)39)14(8-10)45-29-21(37)17(33)19(35)25(47-29)27(40)41/h2-8,16-21,24-25,28-29,32-37H,1H3,(H,38,39)(H,40,41)/t16-,17-,18-,19-,20+,21+,24-,25-,28+,29+/m1/s1.